The molecule has 6 heteroatoms. The average Bonchev–Trinajstić information content (AvgIpc) is 2.47. The summed E-state index contributed by atoms with van der Waals surface area (Å²) >= 11 is 0. The Kier molecular flexibility index (Phi) is 4.93. The third-order valence-corrected chi connectivity index (χ3v) is 3.19. The molecule has 0 heterocycles. The number of nitrogens with one attached hydrogen (secondary N) is 2. The molecule has 116 valence electrons. The molecule has 0 fully saturated rings. The third-order valence-electron chi connectivity index (χ3n) is 3.19. The minimum Gasteiger partial charge on any atom is -0.473 e. The number of carbonyl (C=O) groups is 1. The first-order valence-electron chi connectivity index (χ1n) is 6.66. The van der Waals surface area contributed by atoms with E-state index < -0.39 is 17.7 Å². The van der Waals surface area contributed by atoms with Gasteiger partial charge in [-0.15, -0.1) is 0 Å². The van der Waals surface area contributed by atoms with Gasteiger partial charge in [-0.25, -0.2) is 13.6 Å². The van der Waals surface area contributed by atoms with Crippen LogP contribution in [0.15, 0.2) is 36.4 Å². The second kappa shape index (κ2) is 6.89. The van der Waals surface area contributed by atoms with Crippen molar-refractivity contribution < 1.29 is 18.3 Å². The number of carbonyl (C=O) groups excluding carboxylic acids is 1. The largest absolute Gasteiger partial charge is 0.473 e. The van der Waals surface area contributed by atoms with E-state index in [1.807, 2.05) is 26.0 Å². The highest BCUT2D eigenvalue weighted by Crippen LogP contribution is 2.20. The molecular weight excluding hydrogens is 290 g/mol. The fraction of sp³-hybridized carbons (Fsp3) is 0.188. The van der Waals surface area contributed by atoms with Crippen LogP contribution in [-0.2, 0) is 0 Å². The minimum atomic E-state index is -0.716. The van der Waals surface area contributed by atoms with Gasteiger partial charge in [0.2, 0.25) is 0 Å². The maximum atomic E-state index is 13.4. The first-order chi connectivity index (χ1) is 10.5. The van der Waals surface area contributed by atoms with Crippen molar-refractivity contribution in [2.24, 2.45) is 0 Å². The molecule has 0 atom stereocenters. The van der Waals surface area contributed by atoms with Crippen molar-refractivity contribution in [3.8, 4) is 5.75 Å². The van der Waals surface area contributed by atoms with Crippen LogP contribution in [0.5, 0.6) is 5.75 Å². The van der Waals surface area contributed by atoms with E-state index in [1.165, 1.54) is 0 Å². The van der Waals surface area contributed by atoms with Crippen LogP contribution in [0, 0.1) is 25.5 Å². The molecule has 2 aromatic carbocycles. The van der Waals surface area contributed by atoms with Gasteiger partial charge in [0.25, 0.3) is 0 Å². The van der Waals surface area contributed by atoms with Gasteiger partial charge >= 0.3 is 6.03 Å². The number of halogens is 2. The van der Waals surface area contributed by atoms with Gasteiger partial charge in [0.1, 0.15) is 17.4 Å². The van der Waals surface area contributed by atoms with Crippen molar-refractivity contribution in [1.82, 2.24) is 5.32 Å². The Hall–Kier alpha value is -2.63. The van der Waals surface area contributed by atoms with Gasteiger partial charge in [-0.3, -0.25) is 0 Å². The molecule has 2 rings (SSSR count). The Morgan fingerprint density at radius 2 is 1.95 bits per heavy atom. The third kappa shape index (κ3) is 3.94. The molecule has 0 saturated carbocycles. The lowest BCUT2D eigenvalue weighted by atomic mass is 10.1. The maximum absolute atomic E-state index is 13.4. The average molecular weight is 306 g/mol. The number of urea groups is 1. The van der Waals surface area contributed by atoms with Crippen molar-refractivity contribution in [2.45, 2.75) is 13.8 Å². The Labute approximate surface area is 127 Å². The zero-order valence-electron chi connectivity index (χ0n) is 12.2. The summed E-state index contributed by atoms with van der Waals surface area (Å²) in [4.78, 5) is 11.6. The van der Waals surface area contributed by atoms with Crippen molar-refractivity contribution >= 4 is 11.7 Å². The van der Waals surface area contributed by atoms with Gasteiger partial charge in [-0.1, -0.05) is 12.1 Å². The molecule has 0 aliphatic rings. The Morgan fingerprint density at radius 3 is 2.73 bits per heavy atom. The number of amides is 2. The molecule has 0 spiro atoms. The second-order valence-electron chi connectivity index (χ2n) is 4.74. The molecule has 0 radical (unpaired) electrons. The van der Waals surface area contributed by atoms with Gasteiger partial charge < -0.3 is 15.4 Å². The van der Waals surface area contributed by atoms with Crippen LogP contribution in [0.25, 0.3) is 0 Å². The summed E-state index contributed by atoms with van der Waals surface area (Å²) in [5.41, 5.74) is 1.81. The lowest BCUT2D eigenvalue weighted by Gasteiger charge is -2.12. The van der Waals surface area contributed by atoms with Crippen LogP contribution in [0.1, 0.15) is 11.1 Å². The summed E-state index contributed by atoms with van der Waals surface area (Å²) in [6, 6.07) is 7.72. The normalized spacial score (nSPS) is 10.2. The summed E-state index contributed by atoms with van der Waals surface area (Å²) in [5, 5.41) is 4.63. The van der Waals surface area contributed by atoms with Crippen LogP contribution in [0.2, 0.25) is 0 Å². The Bertz CT molecular complexity index is 690. The van der Waals surface area contributed by atoms with Crippen LogP contribution < -0.4 is 15.4 Å². The Morgan fingerprint density at radius 1 is 1.18 bits per heavy atom. The highest BCUT2D eigenvalue weighted by atomic mass is 19.1. The van der Waals surface area contributed by atoms with Gasteiger partial charge in [-0.2, -0.15) is 0 Å². The van der Waals surface area contributed by atoms with E-state index in [0.717, 1.165) is 29.3 Å². The van der Waals surface area contributed by atoms with E-state index >= 15 is 0 Å². The number of anilines is 1. The number of benzene rings is 2. The zero-order chi connectivity index (χ0) is 16.1. The van der Waals surface area contributed by atoms with E-state index in [-0.39, 0.29) is 12.4 Å². The van der Waals surface area contributed by atoms with E-state index in [2.05, 4.69) is 10.6 Å². The molecule has 0 aliphatic carbocycles. The van der Waals surface area contributed by atoms with Gasteiger partial charge in [0, 0.05) is 6.07 Å². The van der Waals surface area contributed by atoms with Crippen molar-refractivity contribution in [3.63, 3.8) is 0 Å². The van der Waals surface area contributed by atoms with Gasteiger partial charge in [0.15, 0.2) is 6.73 Å². The molecule has 2 aromatic rings. The minimum absolute atomic E-state index is 0.0902. The summed E-state index contributed by atoms with van der Waals surface area (Å²) in [5.74, 6) is -0.701. The van der Waals surface area contributed by atoms with Crippen molar-refractivity contribution in [3.05, 3.63) is 59.2 Å². The fourth-order valence-electron chi connectivity index (χ4n) is 1.82. The molecular formula is C16H16F2N2O2. The van der Waals surface area contributed by atoms with E-state index in [4.69, 9.17) is 4.74 Å². The molecule has 0 aromatic heterocycles. The van der Waals surface area contributed by atoms with E-state index in [1.54, 1.807) is 6.07 Å². The molecule has 2 amide bonds. The van der Waals surface area contributed by atoms with Crippen molar-refractivity contribution in [2.75, 3.05) is 12.0 Å². The molecule has 0 bridgehead atoms. The van der Waals surface area contributed by atoms with Crippen molar-refractivity contribution in [1.29, 1.82) is 0 Å². The molecule has 0 unspecified atom stereocenters. The maximum Gasteiger partial charge on any atom is 0.321 e. The van der Waals surface area contributed by atoms with E-state index in [9.17, 15) is 13.6 Å². The topological polar surface area (TPSA) is 50.4 Å². The molecule has 4 nitrogen and oxygen atoms in total. The van der Waals surface area contributed by atoms with Crippen LogP contribution in [0.4, 0.5) is 19.3 Å². The predicted octanol–water partition coefficient (Wildman–Crippen LogP) is 3.74. The van der Waals surface area contributed by atoms with Gasteiger partial charge in [-0.05, 0) is 43.2 Å². The number of hydrogen-bond donors (Lipinski definition) is 2. The first-order valence-corrected chi connectivity index (χ1v) is 6.66. The Balaban J connectivity index is 1.88. The summed E-state index contributed by atoms with van der Waals surface area (Å²) in [7, 11) is 0. The number of rotatable bonds is 4. The monoisotopic (exact) mass is 306 g/mol. The highest BCUT2D eigenvalue weighted by molar-refractivity contribution is 5.89. The predicted molar refractivity (Wildman–Crippen MR) is 79.9 cm³/mol. The smallest absolute Gasteiger partial charge is 0.321 e. The number of hydrogen-bond acceptors (Lipinski definition) is 2. The zero-order valence-corrected chi connectivity index (χ0v) is 12.2. The molecule has 0 aliphatic heterocycles. The fourth-order valence-corrected chi connectivity index (χ4v) is 1.82. The summed E-state index contributed by atoms with van der Waals surface area (Å²) in [6.07, 6.45) is 0. The molecule has 2 N–H and O–H groups in total. The summed E-state index contributed by atoms with van der Waals surface area (Å²) in [6.45, 7) is 3.77. The standard InChI is InChI=1S/C16H16F2N2O2/c1-10-4-3-5-15(11(10)2)22-9-19-16(21)20-14-8-12(17)6-7-13(14)18/h3-8H,9H2,1-2H3,(H2,19,20,21). The van der Waals surface area contributed by atoms with Crippen LogP contribution >= 0.6 is 0 Å². The lowest BCUT2D eigenvalue weighted by Crippen LogP contribution is -2.32. The van der Waals surface area contributed by atoms with Gasteiger partial charge in [0.05, 0.1) is 5.69 Å². The SMILES string of the molecule is Cc1cccc(OCNC(=O)Nc2cc(F)ccc2F)c1C. The lowest BCUT2D eigenvalue weighted by molar-refractivity contribution is 0.234. The first kappa shape index (κ1) is 15.8. The van der Waals surface area contributed by atoms with Crippen LogP contribution in [0.3, 0.4) is 0 Å². The van der Waals surface area contributed by atoms with E-state index in [0.29, 0.717) is 5.75 Å². The number of aryl methyl sites for hydroxylation is 1. The highest BCUT2D eigenvalue weighted by Gasteiger charge is 2.08. The second-order valence-corrected chi connectivity index (χ2v) is 4.74. The summed E-state index contributed by atoms with van der Waals surface area (Å²) < 4.78 is 31.8. The molecule has 22 heavy (non-hydrogen) atoms. The number of ether oxygens (including phenoxy) is 1. The van der Waals surface area contributed by atoms with Crippen LogP contribution in [-0.4, -0.2) is 12.8 Å². The quantitative estimate of drug-likeness (QED) is 0.845. The molecule has 0 saturated heterocycles.